The molecule has 2 saturated heterocycles. The summed E-state index contributed by atoms with van der Waals surface area (Å²) in [7, 11) is 1.83. The molecule has 3 heterocycles. The molecule has 2 amide bonds. The zero-order chi connectivity index (χ0) is 22.5. The largest absolute Gasteiger partial charge is 0.492 e. The first-order valence-corrected chi connectivity index (χ1v) is 10.9. The SMILES string of the molecule is Cn1cccc1C(=O)N1CCN(CCOc2ccc(F)cc2)CC1C(=O)N1CCOCC1. The molecule has 9 heteroatoms. The molecule has 172 valence electrons. The van der Waals surface area contributed by atoms with Crippen molar-refractivity contribution in [2.24, 2.45) is 7.05 Å². The zero-order valence-electron chi connectivity index (χ0n) is 18.3. The van der Waals surface area contributed by atoms with Crippen molar-refractivity contribution in [3.8, 4) is 5.75 Å². The predicted molar refractivity (Wildman–Crippen MR) is 116 cm³/mol. The highest BCUT2D eigenvalue weighted by Gasteiger charge is 2.38. The van der Waals surface area contributed by atoms with Crippen LogP contribution in [-0.4, -0.2) is 96.2 Å². The third kappa shape index (κ3) is 5.11. The second kappa shape index (κ2) is 10.1. The van der Waals surface area contributed by atoms with Crippen LogP contribution in [0.5, 0.6) is 5.75 Å². The van der Waals surface area contributed by atoms with E-state index in [0.29, 0.717) is 70.5 Å². The molecule has 1 aromatic carbocycles. The summed E-state index contributed by atoms with van der Waals surface area (Å²) in [4.78, 5) is 32.2. The minimum Gasteiger partial charge on any atom is -0.492 e. The zero-order valence-corrected chi connectivity index (χ0v) is 18.3. The summed E-state index contributed by atoms with van der Waals surface area (Å²) in [6.07, 6.45) is 1.83. The van der Waals surface area contributed by atoms with E-state index in [-0.39, 0.29) is 17.6 Å². The first kappa shape index (κ1) is 22.3. The Morgan fingerprint density at radius 2 is 1.84 bits per heavy atom. The highest BCUT2D eigenvalue weighted by atomic mass is 19.1. The molecule has 4 rings (SSSR count). The van der Waals surface area contributed by atoms with Crippen LogP contribution in [0.4, 0.5) is 4.39 Å². The van der Waals surface area contributed by atoms with Crippen LogP contribution in [-0.2, 0) is 16.6 Å². The van der Waals surface area contributed by atoms with Crippen molar-refractivity contribution in [1.29, 1.82) is 0 Å². The van der Waals surface area contributed by atoms with Gasteiger partial charge in [0.15, 0.2) is 0 Å². The number of halogens is 1. The van der Waals surface area contributed by atoms with Gasteiger partial charge in [-0.1, -0.05) is 0 Å². The average molecular weight is 445 g/mol. The maximum absolute atomic E-state index is 13.4. The van der Waals surface area contributed by atoms with E-state index < -0.39 is 6.04 Å². The van der Waals surface area contributed by atoms with Gasteiger partial charge in [-0.2, -0.15) is 0 Å². The summed E-state index contributed by atoms with van der Waals surface area (Å²) in [5.74, 6) is 0.122. The number of benzene rings is 1. The van der Waals surface area contributed by atoms with E-state index in [0.717, 1.165) is 0 Å². The van der Waals surface area contributed by atoms with Crippen molar-refractivity contribution in [1.82, 2.24) is 19.3 Å². The Hall–Kier alpha value is -2.91. The van der Waals surface area contributed by atoms with Crippen LogP contribution in [0.25, 0.3) is 0 Å². The van der Waals surface area contributed by atoms with Gasteiger partial charge < -0.3 is 23.8 Å². The van der Waals surface area contributed by atoms with Crippen LogP contribution in [0.2, 0.25) is 0 Å². The van der Waals surface area contributed by atoms with E-state index >= 15 is 0 Å². The van der Waals surface area contributed by atoms with Crippen LogP contribution < -0.4 is 4.74 Å². The molecule has 2 aliphatic heterocycles. The van der Waals surface area contributed by atoms with Crippen molar-refractivity contribution in [3.63, 3.8) is 0 Å². The fourth-order valence-electron chi connectivity index (χ4n) is 4.15. The standard InChI is InChI=1S/C23H29FN4O4/c1-25-8-2-3-20(25)23(30)28-10-9-26(11-16-32-19-6-4-18(24)5-7-19)17-21(28)22(29)27-12-14-31-15-13-27/h2-8,21H,9-17H2,1H3. The van der Waals surface area contributed by atoms with Gasteiger partial charge in [-0.3, -0.25) is 14.5 Å². The van der Waals surface area contributed by atoms with Crippen molar-refractivity contribution in [2.45, 2.75) is 6.04 Å². The number of rotatable bonds is 6. The molecular formula is C23H29FN4O4. The number of morpholine rings is 1. The predicted octanol–water partition coefficient (Wildman–Crippen LogP) is 1.23. The Kier molecular flexibility index (Phi) is 7.06. The van der Waals surface area contributed by atoms with Crippen LogP contribution in [0.1, 0.15) is 10.5 Å². The lowest BCUT2D eigenvalue weighted by molar-refractivity contribution is -0.142. The fraction of sp³-hybridized carbons (Fsp3) is 0.478. The number of piperazine rings is 1. The monoisotopic (exact) mass is 444 g/mol. The Morgan fingerprint density at radius 1 is 1.09 bits per heavy atom. The molecule has 1 unspecified atom stereocenters. The van der Waals surface area contributed by atoms with Crippen molar-refractivity contribution < 1.29 is 23.5 Å². The molecule has 2 aliphatic rings. The normalized spacial score (nSPS) is 19.8. The molecular weight excluding hydrogens is 415 g/mol. The number of hydrogen-bond acceptors (Lipinski definition) is 5. The number of aryl methyl sites for hydroxylation is 1. The summed E-state index contributed by atoms with van der Waals surface area (Å²) in [6.45, 7) is 4.67. The van der Waals surface area contributed by atoms with Gasteiger partial charge >= 0.3 is 0 Å². The number of carbonyl (C=O) groups is 2. The van der Waals surface area contributed by atoms with E-state index in [1.165, 1.54) is 12.1 Å². The lowest BCUT2D eigenvalue weighted by atomic mass is 10.1. The van der Waals surface area contributed by atoms with Crippen molar-refractivity contribution in [3.05, 3.63) is 54.1 Å². The molecule has 32 heavy (non-hydrogen) atoms. The van der Waals surface area contributed by atoms with Gasteiger partial charge in [-0.05, 0) is 36.4 Å². The van der Waals surface area contributed by atoms with Gasteiger partial charge in [-0.25, -0.2) is 4.39 Å². The molecule has 2 fully saturated rings. The van der Waals surface area contributed by atoms with Gasteiger partial charge in [0.1, 0.15) is 29.9 Å². The van der Waals surface area contributed by atoms with Crippen LogP contribution in [0.15, 0.2) is 42.6 Å². The molecule has 1 aromatic heterocycles. The molecule has 0 N–H and O–H groups in total. The molecule has 2 aromatic rings. The second-order valence-corrected chi connectivity index (χ2v) is 8.06. The van der Waals surface area contributed by atoms with Gasteiger partial charge in [0.05, 0.1) is 13.2 Å². The van der Waals surface area contributed by atoms with Crippen molar-refractivity contribution >= 4 is 11.8 Å². The Labute approximate surface area is 187 Å². The maximum atomic E-state index is 13.4. The third-order valence-corrected chi connectivity index (χ3v) is 5.99. The minimum atomic E-state index is -0.560. The Bertz CT molecular complexity index is 926. The number of nitrogens with zero attached hydrogens (tertiary/aromatic N) is 4. The number of ether oxygens (including phenoxy) is 2. The molecule has 1 atom stereocenters. The van der Waals surface area contributed by atoms with Gasteiger partial charge in [0, 0.05) is 52.5 Å². The van der Waals surface area contributed by atoms with Crippen LogP contribution in [0.3, 0.4) is 0 Å². The molecule has 0 spiro atoms. The smallest absolute Gasteiger partial charge is 0.271 e. The van der Waals surface area contributed by atoms with E-state index in [1.807, 2.05) is 19.3 Å². The summed E-state index contributed by atoms with van der Waals surface area (Å²) in [5, 5.41) is 0. The van der Waals surface area contributed by atoms with E-state index in [2.05, 4.69) is 4.90 Å². The van der Waals surface area contributed by atoms with Crippen LogP contribution in [0, 0.1) is 5.82 Å². The topological polar surface area (TPSA) is 67.3 Å². The Balaban J connectivity index is 1.42. The van der Waals surface area contributed by atoms with E-state index in [1.54, 1.807) is 32.6 Å². The first-order chi connectivity index (χ1) is 15.5. The minimum absolute atomic E-state index is 0.0417. The van der Waals surface area contributed by atoms with E-state index in [9.17, 15) is 14.0 Å². The van der Waals surface area contributed by atoms with Gasteiger partial charge in [0.2, 0.25) is 5.91 Å². The third-order valence-electron chi connectivity index (χ3n) is 5.99. The second-order valence-electron chi connectivity index (χ2n) is 8.06. The lowest BCUT2D eigenvalue weighted by Crippen LogP contribution is -2.62. The van der Waals surface area contributed by atoms with E-state index in [4.69, 9.17) is 9.47 Å². The molecule has 0 saturated carbocycles. The first-order valence-electron chi connectivity index (χ1n) is 10.9. The maximum Gasteiger partial charge on any atom is 0.271 e. The van der Waals surface area contributed by atoms with Gasteiger partial charge in [0.25, 0.3) is 5.91 Å². The lowest BCUT2D eigenvalue weighted by Gasteiger charge is -2.42. The summed E-state index contributed by atoms with van der Waals surface area (Å²) < 4.78 is 25.9. The number of aromatic nitrogens is 1. The Morgan fingerprint density at radius 3 is 2.53 bits per heavy atom. The molecule has 8 nitrogen and oxygen atoms in total. The summed E-state index contributed by atoms with van der Waals surface area (Å²) >= 11 is 0. The summed E-state index contributed by atoms with van der Waals surface area (Å²) in [5.41, 5.74) is 0.567. The number of amides is 2. The molecule has 0 bridgehead atoms. The summed E-state index contributed by atoms with van der Waals surface area (Å²) in [6, 6.07) is 8.96. The molecule has 0 radical (unpaired) electrons. The van der Waals surface area contributed by atoms with Crippen LogP contribution >= 0.6 is 0 Å². The highest BCUT2D eigenvalue weighted by molar-refractivity contribution is 5.96. The quantitative estimate of drug-likeness (QED) is 0.671. The number of carbonyl (C=O) groups excluding carboxylic acids is 2. The fourth-order valence-corrected chi connectivity index (χ4v) is 4.15. The average Bonchev–Trinajstić information content (AvgIpc) is 3.26. The number of hydrogen-bond donors (Lipinski definition) is 0. The van der Waals surface area contributed by atoms with Gasteiger partial charge in [-0.15, -0.1) is 0 Å². The highest BCUT2D eigenvalue weighted by Crippen LogP contribution is 2.18. The van der Waals surface area contributed by atoms with Crippen molar-refractivity contribution in [2.75, 3.05) is 59.1 Å². The molecule has 0 aliphatic carbocycles.